The summed E-state index contributed by atoms with van der Waals surface area (Å²) in [4.78, 5) is 53.3. The summed E-state index contributed by atoms with van der Waals surface area (Å²) in [6, 6.07) is 0. The van der Waals surface area contributed by atoms with Gasteiger partial charge in [-0.15, -0.1) is 20.2 Å². The van der Waals surface area contributed by atoms with Gasteiger partial charge in [0.2, 0.25) is 0 Å². The largest absolute Gasteiger partial charge is 0.463 e. The van der Waals surface area contributed by atoms with Gasteiger partial charge in [-0.2, -0.15) is 0 Å². The van der Waals surface area contributed by atoms with Crippen molar-refractivity contribution in [3.05, 3.63) is 20.2 Å². The summed E-state index contributed by atoms with van der Waals surface area (Å²) in [5.41, 5.74) is 0. The maximum absolute atomic E-state index is 12.1. The van der Waals surface area contributed by atoms with E-state index >= 15 is 0 Å². The molecule has 0 radical (unpaired) electrons. The fourth-order valence-electron chi connectivity index (χ4n) is 3.27. The molecule has 0 aliphatic heterocycles. The van der Waals surface area contributed by atoms with E-state index in [0.717, 1.165) is 64.2 Å². The van der Waals surface area contributed by atoms with E-state index in [1.165, 1.54) is 0 Å². The molecule has 0 rings (SSSR count). The molecule has 0 heterocycles. The number of ether oxygens (including phenoxy) is 4. The second-order valence-corrected chi connectivity index (χ2v) is 8.73. The maximum atomic E-state index is 12.1. The number of hydrogen-bond donors (Lipinski definition) is 0. The average Bonchev–Trinajstić information content (AvgIpc) is 2.87. The molecular weight excluding hydrogens is 508 g/mol. The molecule has 14 heteroatoms. The van der Waals surface area contributed by atoms with Gasteiger partial charge in [-0.05, 0) is 12.8 Å². The van der Waals surface area contributed by atoms with Crippen LogP contribution in [0.25, 0.3) is 0 Å². The summed E-state index contributed by atoms with van der Waals surface area (Å²) < 4.78 is 21.4. The summed E-state index contributed by atoms with van der Waals surface area (Å²) in [7, 11) is 0. The molecule has 0 aromatic rings. The second kappa shape index (κ2) is 24.6. The molecule has 0 aliphatic carbocycles. The minimum absolute atomic E-state index is 0.0188. The van der Waals surface area contributed by atoms with Gasteiger partial charge in [-0.3, -0.25) is 9.59 Å². The normalized spacial score (nSPS) is 11.7. The lowest BCUT2D eigenvalue weighted by atomic mass is 10.1. The standard InChI is InChI=1S/C24H44N2O12/c1-3-5-7-9-11-13-23(27)35-18-21(19-36-24(28)14-12-10-8-6-4-2)34-16-15-33-17-22(38-26(31)32)20-37-25(29)30/h21-22H,3-20H2,1-2H3. The predicted octanol–water partition coefficient (Wildman–Crippen LogP) is 3.98. The fraction of sp³-hybridized carbons (Fsp3) is 0.917. The molecule has 0 amide bonds. The first-order valence-electron chi connectivity index (χ1n) is 13.4. The zero-order valence-electron chi connectivity index (χ0n) is 22.7. The molecule has 222 valence electrons. The van der Waals surface area contributed by atoms with Crippen LogP contribution in [-0.4, -0.2) is 74.0 Å². The number of unbranched alkanes of at least 4 members (excludes halogenated alkanes) is 8. The minimum Gasteiger partial charge on any atom is -0.463 e. The van der Waals surface area contributed by atoms with E-state index in [1.54, 1.807) is 0 Å². The molecule has 0 saturated carbocycles. The lowest BCUT2D eigenvalue weighted by Crippen LogP contribution is -2.31. The van der Waals surface area contributed by atoms with Crippen LogP contribution in [0.1, 0.15) is 90.9 Å². The van der Waals surface area contributed by atoms with Gasteiger partial charge >= 0.3 is 11.9 Å². The van der Waals surface area contributed by atoms with E-state index in [0.29, 0.717) is 12.8 Å². The van der Waals surface area contributed by atoms with Crippen molar-refractivity contribution in [3.8, 4) is 0 Å². The molecule has 0 aliphatic rings. The van der Waals surface area contributed by atoms with E-state index in [1.807, 2.05) is 0 Å². The fourth-order valence-corrected chi connectivity index (χ4v) is 3.27. The second-order valence-electron chi connectivity index (χ2n) is 8.73. The van der Waals surface area contributed by atoms with Crippen molar-refractivity contribution in [3.63, 3.8) is 0 Å². The summed E-state index contributed by atoms with van der Waals surface area (Å²) >= 11 is 0. The molecule has 0 bridgehead atoms. The Labute approximate surface area is 223 Å². The molecule has 0 fully saturated rings. The molecule has 0 aromatic heterocycles. The Bertz CT molecular complexity index is 620. The average molecular weight is 553 g/mol. The van der Waals surface area contributed by atoms with Crippen molar-refractivity contribution >= 4 is 11.9 Å². The van der Waals surface area contributed by atoms with Crippen LogP contribution in [0, 0.1) is 20.2 Å². The van der Waals surface area contributed by atoms with Gasteiger partial charge in [-0.1, -0.05) is 65.2 Å². The molecule has 1 atom stereocenters. The first kappa shape index (κ1) is 35.3. The van der Waals surface area contributed by atoms with Gasteiger partial charge < -0.3 is 28.6 Å². The van der Waals surface area contributed by atoms with Crippen LogP contribution in [0.15, 0.2) is 0 Å². The van der Waals surface area contributed by atoms with Crippen LogP contribution in [-0.2, 0) is 38.2 Å². The highest BCUT2D eigenvalue weighted by Crippen LogP contribution is 2.08. The zero-order chi connectivity index (χ0) is 28.4. The van der Waals surface area contributed by atoms with Gasteiger partial charge in [0.1, 0.15) is 25.9 Å². The number of esters is 2. The van der Waals surface area contributed by atoms with Crippen LogP contribution in [0.2, 0.25) is 0 Å². The molecule has 0 saturated heterocycles. The Kier molecular flexibility index (Phi) is 22.8. The van der Waals surface area contributed by atoms with Crippen molar-refractivity contribution in [1.82, 2.24) is 0 Å². The Morgan fingerprint density at radius 2 is 1.18 bits per heavy atom. The van der Waals surface area contributed by atoms with Crippen molar-refractivity contribution < 1.29 is 48.4 Å². The molecular formula is C24H44N2O12. The van der Waals surface area contributed by atoms with Gasteiger partial charge in [0.15, 0.2) is 6.10 Å². The number of hydrogen-bond acceptors (Lipinski definition) is 12. The lowest BCUT2D eigenvalue weighted by Gasteiger charge is -2.19. The SMILES string of the molecule is CCCCCCCC(=O)OCC(COC(=O)CCCCCCC)OCCOCC(CO[N+](=O)[O-])O[N+](=O)[O-]. The van der Waals surface area contributed by atoms with Crippen molar-refractivity contribution in [2.24, 2.45) is 0 Å². The van der Waals surface area contributed by atoms with E-state index in [9.17, 15) is 29.8 Å². The van der Waals surface area contributed by atoms with Gasteiger partial charge in [0.05, 0.1) is 19.8 Å². The summed E-state index contributed by atoms with van der Waals surface area (Å²) in [6.45, 7) is 2.90. The van der Waals surface area contributed by atoms with Crippen molar-refractivity contribution in [1.29, 1.82) is 0 Å². The lowest BCUT2D eigenvalue weighted by molar-refractivity contribution is -0.790. The Balaban J connectivity index is 4.52. The van der Waals surface area contributed by atoms with Crippen LogP contribution >= 0.6 is 0 Å². The van der Waals surface area contributed by atoms with Crippen LogP contribution in [0.4, 0.5) is 0 Å². The molecule has 38 heavy (non-hydrogen) atoms. The summed E-state index contributed by atoms with van der Waals surface area (Å²) in [6.07, 6.45) is 8.52. The molecule has 1 unspecified atom stereocenters. The van der Waals surface area contributed by atoms with Gasteiger partial charge in [0.25, 0.3) is 10.2 Å². The summed E-state index contributed by atoms with van der Waals surface area (Å²) in [5.74, 6) is -0.724. The molecule has 0 aromatic carbocycles. The number of nitrogens with zero attached hydrogens (tertiary/aromatic N) is 2. The number of carbonyl (C=O) groups excluding carboxylic acids is 2. The van der Waals surface area contributed by atoms with Crippen molar-refractivity contribution in [2.45, 2.75) is 103 Å². The summed E-state index contributed by atoms with van der Waals surface area (Å²) in [5, 5.41) is 18.6. The van der Waals surface area contributed by atoms with E-state index in [2.05, 4.69) is 23.5 Å². The smallest absolute Gasteiger partial charge is 0.305 e. The van der Waals surface area contributed by atoms with Crippen LogP contribution < -0.4 is 0 Å². The third-order valence-corrected chi connectivity index (χ3v) is 5.32. The third-order valence-electron chi connectivity index (χ3n) is 5.32. The highest BCUT2D eigenvalue weighted by atomic mass is 17.0. The highest BCUT2D eigenvalue weighted by molar-refractivity contribution is 5.69. The first-order valence-corrected chi connectivity index (χ1v) is 13.4. The van der Waals surface area contributed by atoms with Crippen molar-refractivity contribution in [2.75, 3.05) is 39.6 Å². The Morgan fingerprint density at radius 1 is 0.658 bits per heavy atom. The Morgan fingerprint density at radius 3 is 1.66 bits per heavy atom. The number of carbonyl (C=O) groups is 2. The molecule has 14 nitrogen and oxygen atoms in total. The first-order chi connectivity index (χ1) is 18.3. The maximum Gasteiger partial charge on any atom is 0.305 e. The third kappa shape index (κ3) is 23.6. The van der Waals surface area contributed by atoms with E-state index in [-0.39, 0.29) is 45.0 Å². The van der Waals surface area contributed by atoms with Crippen LogP contribution in [0.3, 0.4) is 0 Å². The Hall–Kier alpha value is -2.74. The minimum atomic E-state index is -1.30. The quantitative estimate of drug-likeness (QED) is 0.0621. The topological polar surface area (TPSA) is 176 Å². The molecule has 0 N–H and O–H groups in total. The number of rotatable bonds is 27. The highest BCUT2D eigenvalue weighted by Gasteiger charge is 2.18. The molecule has 0 spiro atoms. The van der Waals surface area contributed by atoms with E-state index < -0.39 is 29.0 Å². The van der Waals surface area contributed by atoms with Gasteiger partial charge in [-0.25, -0.2) is 0 Å². The van der Waals surface area contributed by atoms with Crippen LogP contribution in [0.5, 0.6) is 0 Å². The van der Waals surface area contributed by atoms with E-state index in [4.69, 9.17) is 18.9 Å². The predicted molar refractivity (Wildman–Crippen MR) is 134 cm³/mol. The zero-order valence-corrected chi connectivity index (χ0v) is 22.7. The monoisotopic (exact) mass is 552 g/mol. The van der Waals surface area contributed by atoms with Gasteiger partial charge in [0, 0.05) is 12.8 Å².